The van der Waals surface area contributed by atoms with Crippen LogP contribution in [-0.4, -0.2) is 11.7 Å². The first-order chi connectivity index (χ1) is 9.65. The van der Waals surface area contributed by atoms with Crippen molar-refractivity contribution in [2.75, 3.05) is 11.1 Å². The quantitative estimate of drug-likeness (QED) is 0.880. The number of thioether (sulfide) groups is 1. The Hall–Kier alpha value is -1.45. The molecule has 0 saturated heterocycles. The molecular weight excluding hydrogens is 290 g/mol. The van der Waals surface area contributed by atoms with E-state index in [1.807, 2.05) is 37.3 Å². The zero-order valence-electron chi connectivity index (χ0n) is 11.2. The molecule has 0 aromatic heterocycles. The summed E-state index contributed by atoms with van der Waals surface area (Å²) in [5, 5.41) is 3.52. The molecule has 4 heteroatoms. The number of aryl methyl sites for hydroxylation is 1. The third kappa shape index (κ3) is 4.58. The normalized spacial score (nSPS) is 10.3. The number of benzene rings is 2. The predicted molar refractivity (Wildman–Crippen MR) is 87.4 cm³/mol. The summed E-state index contributed by atoms with van der Waals surface area (Å²) in [6, 6.07) is 15.6. The molecule has 0 aliphatic heterocycles. The van der Waals surface area contributed by atoms with Gasteiger partial charge in [0.2, 0.25) is 5.91 Å². The first-order valence-corrected chi connectivity index (χ1v) is 7.86. The van der Waals surface area contributed by atoms with Crippen molar-refractivity contribution in [3.8, 4) is 0 Å². The van der Waals surface area contributed by atoms with Gasteiger partial charge in [0.05, 0.1) is 5.75 Å². The Bertz CT molecular complexity index is 586. The molecule has 0 aliphatic rings. The van der Waals surface area contributed by atoms with Gasteiger partial charge < -0.3 is 5.32 Å². The van der Waals surface area contributed by atoms with E-state index in [2.05, 4.69) is 17.4 Å². The van der Waals surface area contributed by atoms with Gasteiger partial charge in [0.1, 0.15) is 0 Å². The summed E-state index contributed by atoms with van der Waals surface area (Å²) >= 11 is 7.53. The molecule has 20 heavy (non-hydrogen) atoms. The lowest BCUT2D eigenvalue weighted by Gasteiger charge is -2.08. The average Bonchev–Trinajstić information content (AvgIpc) is 2.44. The first-order valence-electron chi connectivity index (χ1n) is 6.33. The Morgan fingerprint density at radius 1 is 1.20 bits per heavy atom. The fourth-order valence-electron chi connectivity index (χ4n) is 1.75. The van der Waals surface area contributed by atoms with Crippen molar-refractivity contribution in [2.45, 2.75) is 12.7 Å². The monoisotopic (exact) mass is 305 g/mol. The summed E-state index contributed by atoms with van der Waals surface area (Å²) in [5.74, 6) is 1.26. The van der Waals surface area contributed by atoms with Crippen LogP contribution in [0.5, 0.6) is 0 Å². The van der Waals surface area contributed by atoms with E-state index < -0.39 is 0 Å². The molecule has 1 amide bonds. The summed E-state index contributed by atoms with van der Waals surface area (Å²) < 4.78 is 0. The van der Waals surface area contributed by atoms with Crippen molar-refractivity contribution in [3.63, 3.8) is 0 Å². The van der Waals surface area contributed by atoms with Gasteiger partial charge in [0.15, 0.2) is 0 Å². The molecule has 0 heterocycles. The molecule has 0 spiro atoms. The molecule has 0 aliphatic carbocycles. The molecule has 0 radical (unpaired) electrons. The van der Waals surface area contributed by atoms with Gasteiger partial charge in [-0.05, 0) is 30.2 Å². The minimum absolute atomic E-state index is 0.00343. The zero-order valence-corrected chi connectivity index (χ0v) is 12.8. The maximum Gasteiger partial charge on any atom is 0.234 e. The number of nitrogens with one attached hydrogen (secondary N) is 1. The van der Waals surface area contributed by atoms with E-state index in [1.165, 1.54) is 5.56 Å². The smallest absolute Gasteiger partial charge is 0.234 e. The van der Waals surface area contributed by atoms with Gasteiger partial charge in [0.25, 0.3) is 0 Å². The van der Waals surface area contributed by atoms with Crippen LogP contribution < -0.4 is 5.32 Å². The van der Waals surface area contributed by atoms with E-state index in [9.17, 15) is 4.79 Å². The lowest BCUT2D eigenvalue weighted by molar-refractivity contribution is -0.113. The third-order valence-corrected chi connectivity index (χ3v) is 4.06. The van der Waals surface area contributed by atoms with Gasteiger partial charge in [-0.2, -0.15) is 0 Å². The van der Waals surface area contributed by atoms with Crippen molar-refractivity contribution in [1.29, 1.82) is 0 Å². The molecule has 2 rings (SSSR count). The molecule has 0 saturated carbocycles. The second-order valence-corrected chi connectivity index (χ2v) is 5.91. The second-order valence-electron chi connectivity index (χ2n) is 4.49. The van der Waals surface area contributed by atoms with Crippen molar-refractivity contribution in [1.82, 2.24) is 0 Å². The number of amides is 1. The average molecular weight is 306 g/mol. The Morgan fingerprint density at radius 2 is 1.95 bits per heavy atom. The van der Waals surface area contributed by atoms with E-state index in [0.717, 1.165) is 17.0 Å². The molecule has 0 fully saturated rings. The number of carbonyl (C=O) groups is 1. The van der Waals surface area contributed by atoms with Crippen molar-refractivity contribution < 1.29 is 4.79 Å². The van der Waals surface area contributed by atoms with Gasteiger partial charge in [-0.3, -0.25) is 4.79 Å². The summed E-state index contributed by atoms with van der Waals surface area (Å²) in [7, 11) is 0. The van der Waals surface area contributed by atoms with Crippen molar-refractivity contribution in [2.24, 2.45) is 0 Å². The van der Waals surface area contributed by atoms with Crippen LogP contribution in [0.4, 0.5) is 5.69 Å². The van der Waals surface area contributed by atoms with E-state index in [-0.39, 0.29) is 5.91 Å². The van der Waals surface area contributed by atoms with E-state index in [1.54, 1.807) is 17.8 Å². The Morgan fingerprint density at radius 3 is 2.70 bits per heavy atom. The number of halogens is 1. The van der Waals surface area contributed by atoms with Crippen LogP contribution >= 0.6 is 23.4 Å². The number of carbonyl (C=O) groups excluding carboxylic acids is 1. The van der Waals surface area contributed by atoms with Crippen LogP contribution in [-0.2, 0) is 10.5 Å². The highest BCUT2D eigenvalue weighted by Gasteiger charge is 2.05. The second kappa shape index (κ2) is 7.36. The van der Waals surface area contributed by atoms with Crippen molar-refractivity contribution >= 4 is 35.0 Å². The van der Waals surface area contributed by atoms with Crippen LogP contribution in [0.15, 0.2) is 48.5 Å². The highest BCUT2D eigenvalue weighted by Crippen LogP contribution is 2.20. The molecule has 2 aromatic carbocycles. The first kappa shape index (κ1) is 14.9. The lowest BCUT2D eigenvalue weighted by Crippen LogP contribution is -2.15. The minimum Gasteiger partial charge on any atom is -0.325 e. The molecule has 2 nitrogen and oxygen atoms in total. The molecular formula is C16H16ClNOS. The van der Waals surface area contributed by atoms with E-state index in [4.69, 9.17) is 11.6 Å². The number of anilines is 1. The lowest BCUT2D eigenvalue weighted by atomic mass is 10.2. The number of hydrogen-bond donors (Lipinski definition) is 1. The van der Waals surface area contributed by atoms with Crippen molar-refractivity contribution in [3.05, 3.63) is 64.7 Å². The maximum absolute atomic E-state index is 11.9. The zero-order chi connectivity index (χ0) is 14.4. The van der Waals surface area contributed by atoms with Gasteiger partial charge in [-0.1, -0.05) is 48.0 Å². The topological polar surface area (TPSA) is 29.1 Å². The number of rotatable bonds is 5. The van der Waals surface area contributed by atoms with Crippen LogP contribution in [0, 0.1) is 6.92 Å². The SMILES string of the molecule is Cc1ccc(Cl)cc1NC(=O)CSCc1ccccc1. The molecule has 104 valence electrons. The fourth-order valence-corrected chi connectivity index (χ4v) is 2.71. The van der Waals surface area contributed by atoms with E-state index >= 15 is 0 Å². The minimum atomic E-state index is -0.00343. The molecule has 2 aromatic rings. The van der Waals surface area contributed by atoms with Crippen LogP contribution in [0.25, 0.3) is 0 Å². The predicted octanol–water partition coefficient (Wildman–Crippen LogP) is 4.52. The third-order valence-electron chi connectivity index (χ3n) is 2.82. The Balaban J connectivity index is 1.82. The van der Waals surface area contributed by atoms with E-state index in [0.29, 0.717) is 10.8 Å². The summed E-state index contributed by atoms with van der Waals surface area (Å²) in [6.07, 6.45) is 0. The fraction of sp³-hybridized carbons (Fsp3) is 0.188. The Labute approximate surface area is 128 Å². The molecule has 0 bridgehead atoms. The largest absolute Gasteiger partial charge is 0.325 e. The highest BCUT2D eigenvalue weighted by molar-refractivity contribution is 7.99. The molecule has 0 atom stereocenters. The standard InChI is InChI=1S/C16H16ClNOS/c1-12-7-8-14(17)9-15(12)18-16(19)11-20-10-13-5-3-2-4-6-13/h2-9H,10-11H2,1H3,(H,18,19). The summed E-state index contributed by atoms with van der Waals surface area (Å²) in [5.41, 5.74) is 3.02. The van der Waals surface area contributed by atoms with Gasteiger partial charge in [-0.15, -0.1) is 11.8 Å². The van der Waals surface area contributed by atoms with Gasteiger partial charge >= 0.3 is 0 Å². The van der Waals surface area contributed by atoms with Crippen LogP contribution in [0.3, 0.4) is 0 Å². The van der Waals surface area contributed by atoms with Crippen LogP contribution in [0.2, 0.25) is 5.02 Å². The Kier molecular flexibility index (Phi) is 5.50. The van der Waals surface area contributed by atoms with Gasteiger partial charge in [0, 0.05) is 16.5 Å². The highest BCUT2D eigenvalue weighted by atomic mass is 35.5. The van der Waals surface area contributed by atoms with Crippen LogP contribution in [0.1, 0.15) is 11.1 Å². The molecule has 1 N–H and O–H groups in total. The number of hydrogen-bond acceptors (Lipinski definition) is 2. The summed E-state index contributed by atoms with van der Waals surface area (Å²) in [6.45, 7) is 1.95. The summed E-state index contributed by atoms with van der Waals surface area (Å²) in [4.78, 5) is 11.9. The molecule has 0 unspecified atom stereocenters. The maximum atomic E-state index is 11.9. The van der Waals surface area contributed by atoms with Gasteiger partial charge in [-0.25, -0.2) is 0 Å².